The third kappa shape index (κ3) is 4.65. The van der Waals surface area contributed by atoms with E-state index in [0.717, 1.165) is 11.7 Å². The zero-order chi connectivity index (χ0) is 13.4. The Morgan fingerprint density at radius 1 is 1.33 bits per heavy atom. The zero-order valence-electron chi connectivity index (χ0n) is 12.1. The molecule has 0 aliphatic rings. The Bertz CT molecular complexity index is 325. The number of imidazole rings is 1. The average Bonchev–Trinajstić information content (AvgIpc) is 2.77. The van der Waals surface area contributed by atoms with Crippen molar-refractivity contribution in [2.75, 3.05) is 6.54 Å². The van der Waals surface area contributed by atoms with Crippen LogP contribution in [0, 0.1) is 0 Å². The van der Waals surface area contributed by atoms with Gasteiger partial charge in [-0.25, -0.2) is 4.98 Å². The van der Waals surface area contributed by atoms with Crippen molar-refractivity contribution in [2.45, 2.75) is 62.9 Å². The van der Waals surface area contributed by atoms with Crippen molar-refractivity contribution in [1.29, 1.82) is 0 Å². The summed E-state index contributed by atoms with van der Waals surface area (Å²) in [5.41, 5.74) is 0. The van der Waals surface area contributed by atoms with Gasteiger partial charge in [-0.1, -0.05) is 39.0 Å². The van der Waals surface area contributed by atoms with Crippen LogP contribution in [0.1, 0.15) is 46.5 Å². The molecule has 0 amide bonds. The Labute approximate surface area is 116 Å². The lowest BCUT2D eigenvalue weighted by Crippen LogP contribution is -2.38. The van der Waals surface area contributed by atoms with Gasteiger partial charge in [0.1, 0.15) is 0 Å². The fourth-order valence-corrected chi connectivity index (χ4v) is 3.29. The number of aromatic nitrogens is 2. The average molecular weight is 269 g/mol. The first-order valence-corrected chi connectivity index (χ1v) is 7.98. The molecule has 0 fully saturated rings. The lowest BCUT2D eigenvalue weighted by Gasteiger charge is -2.26. The largest absolute Gasteiger partial charge is 0.329 e. The van der Waals surface area contributed by atoms with Gasteiger partial charge in [0.05, 0.1) is 0 Å². The second-order valence-corrected chi connectivity index (χ2v) is 5.94. The van der Waals surface area contributed by atoms with E-state index in [1.807, 2.05) is 24.2 Å². The summed E-state index contributed by atoms with van der Waals surface area (Å²) in [6.45, 7) is 7.88. The van der Waals surface area contributed by atoms with Gasteiger partial charge in [-0.3, -0.25) is 0 Å². The van der Waals surface area contributed by atoms with Crippen LogP contribution in [0.5, 0.6) is 0 Å². The first-order chi connectivity index (χ1) is 8.72. The maximum absolute atomic E-state index is 4.42. The van der Waals surface area contributed by atoms with Crippen molar-refractivity contribution in [3.8, 4) is 0 Å². The maximum atomic E-state index is 4.42. The van der Waals surface area contributed by atoms with Crippen molar-refractivity contribution in [1.82, 2.24) is 14.9 Å². The molecule has 0 aromatic carbocycles. The zero-order valence-corrected chi connectivity index (χ0v) is 13.0. The number of nitrogens with one attached hydrogen (secondary N) is 1. The minimum absolute atomic E-state index is 0.599. The van der Waals surface area contributed by atoms with E-state index in [1.54, 1.807) is 0 Å². The fraction of sp³-hybridized carbons (Fsp3) is 0.786. The SMILES string of the molecule is CCCNC(CCC)C(CC)Sc1nccn1C. The quantitative estimate of drug-likeness (QED) is 0.696. The van der Waals surface area contributed by atoms with Crippen LogP contribution in [0.4, 0.5) is 0 Å². The van der Waals surface area contributed by atoms with Gasteiger partial charge in [0.2, 0.25) is 0 Å². The second-order valence-electron chi connectivity index (χ2n) is 4.73. The lowest BCUT2D eigenvalue weighted by molar-refractivity contribution is 0.453. The summed E-state index contributed by atoms with van der Waals surface area (Å²) >= 11 is 1.91. The van der Waals surface area contributed by atoms with Crippen molar-refractivity contribution in [3.63, 3.8) is 0 Å². The summed E-state index contributed by atoms with van der Waals surface area (Å²) in [4.78, 5) is 4.42. The molecule has 0 aliphatic heterocycles. The van der Waals surface area contributed by atoms with Crippen LogP contribution >= 0.6 is 11.8 Å². The molecule has 2 unspecified atom stereocenters. The van der Waals surface area contributed by atoms with Crippen LogP contribution in [0.15, 0.2) is 17.6 Å². The number of rotatable bonds is 9. The monoisotopic (exact) mass is 269 g/mol. The van der Waals surface area contributed by atoms with Crippen LogP contribution in [-0.4, -0.2) is 27.4 Å². The van der Waals surface area contributed by atoms with Gasteiger partial charge < -0.3 is 9.88 Å². The fourth-order valence-electron chi connectivity index (χ4n) is 2.11. The van der Waals surface area contributed by atoms with Gasteiger partial charge in [-0.2, -0.15) is 0 Å². The molecule has 1 aromatic heterocycles. The Kier molecular flexibility index (Phi) is 7.44. The number of nitrogens with zero attached hydrogens (tertiary/aromatic N) is 2. The highest BCUT2D eigenvalue weighted by Crippen LogP contribution is 2.27. The molecule has 0 spiro atoms. The Balaban J connectivity index is 2.63. The molecule has 1 N–H and O–H groups in total. The highest BCUT2D eigenvalue weighted by molar-refractivity contribution is 7.99. The van der Waals surface area contributed by atoms with Crippen LogP contribution in [0.2, 0.25) is 0 Å². The van der Waals surface area contributed by atoms with Gasteiger partial charge in [-0.15, -0.1) is 0 Å². The van der Waals surface area contributed by atoms with E-state index in [2.05, 4.69) is 42.7 Å². The predicted octanol–water partition coefficient (Wildman–Crippen LogP) is 3.46. The van der Waals surface area contributed by atoms with Crippen molar-refractivity contribution >= 4 is 11.8 Å². The Hall–Kier alpha value is -0.480. The van der Waals surface area contributed by atoms with Gasteiger partial charge in [-0.05, 0) is 25.8 Å². The molecular weight excluding hydrogens is 242 g/mol. The molecule has 1 heterocycles. The van der Waals surface area contributed by atoms with Gasteiger partial charge >= 0.3 is 0 Å². The van der Waals surface area contributed by atoms with E-state index >= 15 is 0 Å². The van der Waals surface area contributed by atoms with Crippen LogP contribution in [0.3, 0.4) is 0 Å². The highest BCUT2D eigenvalue weighted by atomic mass is 32.2. The third-order valence-electron chi connectivity index (χ3n) is 3.14. The normalized spacial score (nSPS) is 14.7. The Morgan fingerprint density at radius 3 is 2.61 bits per heavy atom. The number of aryl methyl sites for hydroxylation is 1. The predicted molar refractivity (Wildman–Crippen MR) is 80.1 cm³/mol. The summed E-state index contributed by atoms with van der Waals surface area (Å²) in [5, 5.41) is 5.43. The molecule has 18 heavy (non-hydrogen) atoms. The van der Waals surface area contributed by atoms with E-state index in [0.29, 0.717) is 11.3 Å². The smallest absolute Gasteiger partial charge is 0.167 e. The summed E-state index contributed by atoms with van der Waals surface area (Å²) < 4.78 is 2.11. The molecule has 4 heteroatoms. The summed E-state index contributed by atoms with van der Waals surface area (Å²) in [6, 6.07) is 0.599. The van der Waals surface area contributed by atoms with Gasteiger partial charge in [0.15, 0.2) is 5.16 Å². The molecule has 0 radical (unpaired) electrons. The molecule has 2 atom stereocenters. The number of thioether (sulfide) groups is 1. The minimum Gasteiger partial charge on any atom is -0.329 e. The van der Waals surface area contributed by atoms with Gasteiger partial charge in [0.25, 0.3) is 0 Å². The summed E-state index contributed by atoms with van der Waals surface area (Å²) in [7, 11) is 2.07. The van der Waals surface area contributed by atoms with E-state index < -0.39 is 0 Å². The molecule has 0 saturated carbocycles. The Morgan fingerprint density at radius 2 is 2.11 bits per heavy atom. The number of hydrogen-bond acceptors (Lipinski definition) is 3. The minimum atomic E-state index is 0.599. The summed E-state index contributed by atoms with van der Waals surface area (Å²) in [6.07, 6.45) is 8.75. The topological polar surface area (TPSA) is 29.9 Å². The molecule has 1 aromatic rings. The number of hydrogen-bond donors (Lipinski definition) is 1. The standard InChI is InChI=1S/C14H27N3S/c1-5-8-12(15-9-6-2)13(7-3)18-14-16-10-11-17(14)4/h10-13,15H,5-9H2,1-4H3. The maximum Gasteiger partial charge on any atom is 0.167 e. The van der Waals surface area contributed by atoms with E-state index in [9.17, 15) is 0 Å². The van der Waals surface area contributed by atoms with E-state index in [4.69, 9.17) is 0 Å². The second kappa shape index (κ2) is 8.59. The molecule has 104 valence electrons. The molecule has 1 rings (SSSR count). The third-order valence-corrected chi connectivity index (χ3v) is 4.71. The molecular formula is C14H27N3S. The highest BCUT2D eigenvalue weighted by Gasteiger charge is 2.21. The van der Waals surface area contributed by atoms with Crippen molar-refractivity contribution < 1.29 is 0 Å². The van der Waals surface area contributed by atoms with Crippen molar-refractivity contribution in [2.24, 2.45) is 7.05 Å². The molecule has 0 bridgehead atoms. The van der Waals surface area contributed by atoms with Crippen LogP contribution in [-0.2, 0) is 7.05 Å². The lowest BCUT2D eigenvalue weighted by atomic mass is 10.1. The van der Waals surface area contributed by atoms with E-state index in [-0.39, 0.29) is 0 Å². The molecule has 0 saturated heterocycles. The molecule has 0 aliphatic carbocycles. The van der Waals surface area contributed by atoms with Gasteiger partial charge in [0, 0.05) is 30.7 Å². The first-order valence-electron chi connectivity index (χ1n) is 7.10. The molecule has 3 nitrogen and oxygen atoms in total. The summed E-state index contributed by atoms with van der Waals surface area (Å²) in [5.74, 6) is 0. The first kappa shape index (κ1) is 15.6. The van der Waals surface area contributed by atoms with Crippen molar-refractivity contribution in [3.05, 3.63) is 12.4 Å². The van der Waals surface area contributed by atoms with Crippen LogP contribution < -0.4 is 5.32 Å². The van der Waals surface area contributed by atoms with Crippen LogP contribution in [0.25, 0.3) is 0 Å². The van der Waals surface area contributed by atoms with E-state index in [1.165, 1.54) is 25.7 Å².